The number of likely N-dealkylation sites (N-methyl/N-ethyl adjacent to an activating group) is 1. The molecule has 0 fully saturated rings. The molecule has 1 atom stereocenters. The zero-order valence-corrected chi connectivity index (χ0v) is 9.93. The maximum absolute atomic E-state index is 11.7. The maximum atomic E-state index is 11.7. The lowest BCUT2D eigenvalue weighted by Gasteiger charge is -2.11. The Morgan fingerprint density at radius 1 is 1.33 bits per heavy atom. The predicted octanol–water partition coefficient (Wildman–Crippen LogP) is -0.356. The largest absolute Gasteiger partial charge is 0.477 e. The van der Waals surface area contributed by atoms with E-state index in [1.54, 1.807) is 0 Å². The Kier molecular flexibility index (Phi) is 4.36. The van der Waals surface area contributed by atoms with Gasteiger partial charge in [-0.25, -0.2) is 9.78 Å². The van der Waals surface area contributed by atoms with Crippen LogP contribution in [-0.4, -0.2) is 41.0 Å². The van der Waals surface area contributed by atoms with Gasteiger partial charge in [-0.2, -0.15) is 0 Å². The molecule has 7 nitrogen and oxygen atoms in total. The van der Waals surface area contributed by atoms with E-state index in [4.69, 9.17) is 5.11 Å². The fourth-order valence-corrected chi connectivity index (χ4v) is 1.22. The molecule has 0 spiro atoms. The van der Waals surface area contributed by atoms with Crippen LogP contribution in [-0.2, 0) is 4.79 Å². The zero-order chi connectivity index (χ0) is 13.7. The maximum Gasteiger partial charge on any atom is 0.354 e. The van der Waals surface area contributed by atoms with E-state index in [0.29, 0.717) is 0 Å². The molecule has 18 heavy (non-hydrogen) atoms. The minimum absolute atomic E-state index is 0.147. The molecule has 3 N–H and O–H groups in total. The highest BCUT2D eigenvalue weighted by Gasteiger charge is 2.15. The summed E-state index contributed by atoms with van der Waals surface area (Å²) < 4.78 is 0. The molecule has 1 unspecified atom stereocenters. The highest BCUT2D eigenvalue weighted by molar-refractivity contribution is 5.97. The molecule has 1 heterocycles. The third kappa shape index (κ3) is 3.27. The van der Waals surface area contributed by atoms with Gasteiger partial charge in [0.25, 0.3) is 5.91 Å². The number of carboxylic acid groups (broad SMARTS) is 1. The zero-order valence-electron chi connectivity index (χ0n) is 9.93. The number of carboxylic acids is 1. The molecule has 96 valence electrons. The number of nitrogens with one attached hydrogen (secondary N) is 2. The summed E-state index contributed by atoms with van der Waals surface area (Å²) >= 11 is 0. The first-order chi connectivity index (χ1) is 8.45. The van der Waals surface area contributed by atoms with Gasteiger partial charge in [0.2, 0.25) is 5.91 Å². The normalized spacial score (nSPS) is 11.4. The number of aromatic carboxylic acids is 1. The van der Waals surface area contributed by atoms with Gasteiger partial charge in [0.15, 0.2) is 0 Å². The van der Waals surface area contributed by atoms with Crippen molar-refractivity contribution >= 4 is 17.8 Å². The smallest absolute Gasteiger partial charge is 0.354 e. The molecule has 0 aliphatic rings. The van der Waals surface area contributed by atoms with Crippen molar-refractivity contribution < 1.29 is 19.5 Å². The number of hydrogen-bond donors (Lipinski definition) is 3. The summed E-state index contributed by atoms with van der Waals surface area (Å²) in [6.07, 6.45) is 1.15. The van der Waals surface area contributed by atoms with E-state index in [1.165, 1.54) is 26.1 Å². The van der Waals surface area contributed by atoms with E-state index in [9.17, 15) is 14.4 Å². The first-order valence-electron chi connectivity index (χ1n) is 5.17. The van der Waals surface area contributed by atoms with E-state index in [0.717, 1.165) is 6.20 Å². The Bertz CT molecular complexity index is 470. The number of carbonyl (C=O) groups excluding carboxylic acids is 2. The molecule has 0 saturated carbocycles. The van der Waals surface area contributed by atoms with E-state index in [-0.39, 0.29) is 17.2 Å². The van der Waals surface area contributed by atoms with Gasteiger partial charge in [-0.05, 0) is 19.1 Å². The average molecular weight is 251 g/mol. The van der Waals surface area contributed by atoms with Gasteiger partial charge in [-0.15, -0.1) is 0 Å². The Hall–Kier alpha value is -2.44. The van der Waals surface area contributed by atoms with Crippen molar-refractivity contribution in [3.8, 4) is 0 Å². The van der Waals surface area contributed by atoms with Crippen molar-refractivity contribution in [3.05, 3.63) is 29.6 Å². The Morgan fingerprint density at radius 3 is 2.44 bits per heavy atom. The van der Waals surface area contributed by atoms with Crippen molar-refractivity contribution in [2.45, 2.75) is 13.0 Å². The van der Waals surface area contributed by atoms with Crippen molar-refractivity contribution in [1.29, 1.82) is 0 Å². The second-order valence-corrected chi connectivity index (χ2v) is 3.55. The highest BCUT2D eigenvalue weighted by Crippen LogP contribution is 2.01. The first-order valence-corrected chi connectivity index (χ1v) is 5.17. The second kappa shape index (κ2) is 5.76. The number of aromatic nitrogens is 1. The van der Waals surface area contributed by atoms with E-state index >= 15 is 0 Å². The van der Waals surface area contributed by atoms with Crippen LogP contribution in [0.3, 0.4) is 0 Å². The van der Waals surface area contributed by atoms with E-state index in [2.05, 4.69) is 15.6 Å². The summed E-state index contributed by atoms with van der Waals surface area (Å²) in [5.41, 5.74) is 0.0432. The molecule has 0 aliphatic carbocycles. The molecule has 2 amide bonds. The molecular formula is C11H13N3O4. The molecule has 0 saturated heterocycles. The second-order valence-electron chi connectivity index (χ2n) is 3.55. The van der Waals surface area contributed by atoms with Crippen LogP contribution in [0, 0.1) is 0 Å². The summed E-state index contributed by atoms with van der Waals surface area (Å²) in [5.74, 6) is -1.98. The van der Waals surface area contributed by atoms with Crippen LogP contribution in [0.5, 0.6) is 0 Å². The van der Waals surface area contributed by atoms with E-state index < -0.39 is 17.9 Å². The standard InChI is InChI=1S/C11H13N3O4/c1-6(9(15)12-2)14-10(16)7-3-4-8(11(17)18)13-5-7/h3-6H,1-2H3,(H,12,15)(H,14,16)(H,17,18). The SMILES string of the molecule is CNC(=O)C(C)NC(=O)c1ccc(C(=O)O)nc1. The summed E-state index contributed by atoms with van der Waals surface area (Å²) in [5, 5.41) is 13.5. The third-order valence-corrected chi connectivity index (χ3v) is 2.23. The Balaban J connectivity index is 2.73. The molecular weight excluding hydrogens is 238 g/mol. The molecule has 0 radical (unpaired) electrons. The molecule has 0 aromatic carbocycles. The van der Waals surface area contributed by atoms with Gasteiger partial charge in [0.05, 0.1) is 5.56 Å². The molecule has 7 heteroatoms. The van der Waals surface area contributed by atoms with Crippen LogP contribution in [0.4, 0.5) is 0 Å². The average Bonchev–Trinajstić information content (AvgIpc) is 2.37. The topological polar surface area (TPSA) is 108 Å². The Morgan fingerprint density at radius 2 is 2.00 bits per heavy atom. The van der Waals surface area contributed by atoms with Gasteiger partial charge in [0, 0.05) is 13.2 Å². The van der Waals surface area contributed by atoms with Crippen LogP contribution in [0.2, 0.25) is 0 Å². The van der Waals surface area contributed by atoms with Crippen LogP contribution in [0.25, 0.3) is 0 Å². The fraction of sp³-hybridized carbons (Fsp3) is 0.273. The monoisotopic (exact) mass is 251 g/mol. The molecule has 1 rings (SSSR count). The third-order valence-electron chi connectivity index (χ3n) is 2.23. The number of carbonyl (C=O) groups is 3. The van der Waals surface area contributed by atoms with Gasteiger partial charge < -0.3 is 15.7 Å². The van der Waals surface area contributed by atoms with Gasteiger partial charge in [0.1, 0.15) is 11.7 Å². The summed E-state index contributed by atoms with van der Waals surface area (Å²) in [6.45, 7) is 1.54. The number of amides is 2. The van der Waals surface area contributed by atoms with E-state index in [1.807, 2.05) is 0 Å². The molecule has 1 aromatic rings. The van der Waals surface area contributed by atoms with Crippen molar-refractivity contribution in [1.82, 2.24) is 15.6 Å². The highest BCUT2D eigenvalue weighted by atomic mass is 16.4. The number of hydrogen-bond acceptors (Lipinski definition) is 4. The predicted molar refractivity (Wildman–Crippen MR) is 62.2 cm³/mol. The van der Waals surface area contributed by atoms with Gasteiger partial charge in [-0.1, -0.05) is 0 Å². The van der Waals surface area contributed by atoms with Crippen molar-refractivity contribution in [3.63, 3.8) is 0 Å². The van der Waals surface area contributed by atoms with Crippen LogP contribution >= 0.6 is 0 Å². The lowest BCUT2D eigenvalue weighted by atomic mass is 10.2. The van der Waals surface area contributed by atoms with Gasteiger partial charge >= 0.3 is 5.97 Å². The molecule has 1 aromatic heterocycles. The number of pyridine rings is 1. The Labute approximate surface area is 103 Å². The summed E-state index contributed by atoms with van der Waals surface area (Å²) in [6, 6.07) is 1.88. The van der Waals surface area contributed by atoms with Crippen molar-refractivity contribution in [2.75, 3.05) is 7.05 Å². The minimum Gasteiger partial charge on any atom is -0.477 e. The molecule has 0 bridgehead atoms. The minimum atomic E-state index is -1.17. The van der Waals surface area contributed by atoms with Crippen LogP contribution in [0.1, 0.15) is 27.8 Å². The lowest BCUT2D eigenvalue weighted by Crippen LogP contribution is -2.43. The lowest BCUT2D eigenvalue weighted by molar-refractivity contribution is -0.122. The number of rotatable bonds is 4. The van der Waals surface area contributed by atoms with Crippen LogP contribution < -0.4 is 10.6 Å². The summed E-state index contributed by atoms with van der Waals surface area (Å²) in [4.78, 5) is 37.1. The van der Waals surface area contributed by atoms with Crippen LogP contribution in [0.15, 0.2) is 18.3 Å². The quantitative estimate of drug-likeness (QED) is 0.677. The van der Waals surface area contributed by atoms with Gasteiger partial charge in [-0.3, -0.25) is 9.59 Å². The number of nitrogens with zero attached hydrogens (tertiary/aromatic N) is 1. The first kappa shape index (κ1) is 13.6. The van der Waals surface area contributed by atoms with Crippen molar-refractivity contribution in [2.24, 2.45) is 0 Å². The molecule has 0 aliphatic heterocycles. The summed E-state index contributed by atoms with van der Waals surface area (Å²) in [7, 11) is 1.47. The fourth-order valence-electron chi connectivity index (χ4n) is 1.22.